The molecule has 0 saturated carbocycles. The van der Waals surface area contributed by atoms with Crippen molar-refractivity contribution in [3.8, 4) is 22.9 Å². The summed E-state index contributed by atoms with van der Waals surface area (Å²) in [6.07, 6.45) is 0.0347. The number of rotatable bonds is 8. The number of amides is 1. The Morgan fingerprint density at radius 1 is 1.22 bits per heavy atom. The summed E-state index contributed by atoms with van der Waals surface area (Å²) in [6, 6.07) is 11.3. The summed E-state index contributed by atoms with van der Waals surface area (Å²) in [4.78, 5) is 44.6. The maximum absolute atomic E-state index is 14.0. The van der Waals surface area contributed by atoms with Crippen molar-refractivity contribution in [3.63, 3.8) is 0 Å². The highest BCUT2D eigenvalue weighted by molar-refractivity contribution is 7.14. The molecule has 12 heteroatoms. The monoisotopic (exact) mass is 512 g/mol. The van der Waals surface area contributed by atoms with Crippen LogP contribution in [0.1, 0.15) is 22.1 Å². The van der Waals surface area contributed by atoms with E-state index in [0.29, 0.717) is 5.56 Å². The number of carbonyl (C=O) groups is 2. The first-order valence-electron chi connectivity index (χ1n) is 10.6. The van der Waals surface area contributed by atoms with Crippen LogP contribution in [0.4, 0.5) is 9.52 Å². The zero-order valence-electron chi connectivity index (χ0n) is 19.1. The summed E-state index contributed by atoms with van der Waals surface area (Å²) in [5, 5.41) is 15.2. The molecule has 2 aromatic heterocycles. The zero-order chi connectivity index (χ0) is 25.8. The van der Waals surface area contributed by atoms with Gasteiger partial charge in [0.25, 0.3) is 0 Å². The number of thiazole rings is 1. The van der Waals surface area contributed by atoms with Crippen LogP contribution in [-0.2, 0) is 16.0 Å². The Balaban J connectivity index is 1.76. The summed E-state index contributed by atoms with van der Waals surface area (Å²) in [5.41, 5.74) is -0.0694. The molecule has 10 nitrogen and oxygen atoms in total. The first-order valence-corrected chi connectivity index (χ1v) is 11.5. The lowest BCUT2D eigenvalue weighted by Crippen LogP contribution is -2.33. The molecule has 0 spiro atoms. The van der Waals surface area contributed by atoms with Crippen molar-refractivity contribution in [3.05, 3.63) is 81.5 Å². The van der Waals surface area contributed by atoms with Gasteiger partial charge < -0.3 is 24.9 Å². The molecule has 0 radical (unpaired) electrons. The number of aromatic hydroxyl groups is 1. The Hall–Kier alpha value is -4.45. The number of nitrogens with one attached hydrogen (secondary N) is 2. The lowest BCUT2D eigenvalue weighted by molar-refractivity contribution is -0.119. The Kier molecular flexibility index (Phi) is 7.15. The smallest absolute Gasteiger partial charge is 0.357 e. The first kappa shape index (κ1) is 24.7. The van der Waals surface area contributed by atoms with E-state index in [1.54, 1.807) is 30.3 Å². The maximum Gasteiger partial charge on any atom is 0.357 e. The average molecular weight is 513 g/mol. The van der Waals surface area contributed by atoms with Crippen LogP contribution < -0.4 is 15.7 Å². The minimum atomic E-state index is -1.23. The number of esters is 1. The van der Waals surface area contributed by atoms with Crippen LogP contribution >= 0.6 is 11.3 Å². The Morgan fingerprint density at radius 3 is 2.67 bits per heavy atom. The van der Waals surface area contributed by atoms with Gasteiger partial charge in [-0.2, -0.15) is 0 Å². The van der Waals surface area contributed by atoms with Gasteiger partial charge in [-0.15, -0.1) is 11.3 Å². The van der Waals surface area contributed by atoms with Gasteiger partial charge in [0.1, 0.15) is 23.3 Å². The molecule has 36 heavy (non-hydrogen) atoms. The van der Waals surface area contributed by atoms with Gasteiger partial charge in [-0.25, -0.2) is 23.5 Å². The Bertz CT molecular complexity index is 1460. The van der Waals surface area contributed by atoms with E-state index in [9.17, 15) is 23.9 Å². The van der Waals surface area contributed by atoms with Crippen molar-refractivity contribution in [1.82, 2.24) is 14.5 Å². The normalized spacial score (nSPS) is 11.6. The number of halogens is 1. The third kappa shape index (κ3) is 4.98. The van der Waals surface area contributed by atoms with Crippen molar-refractivity contribution in [2.75, 3.05) is 19.5 Å². The van der Waals surface area contributed by atoms with Crippen LogP contribution in [0.3, 0.4) is 0 Å². The van der Waals surface area contributed by atoms with E-state index in [4.69, 9.17) is 4.74 Å². The number of imidazole rings is 1. The molecule has 0 aliphatic carbocycles. The van der Waals surface area contributed by atoms with E-state index in [-0.39, 0.29) is 34.3 Å². The second-order valence-corrected chi connectivity index (χ2v) is 8.43. The van der Waals surface area contributed by atoms with Crippen LogP contribution in [0.5, 0.6) is 11.6 Å². The molecule has 1 amide bonds. The van der Waals surface area contributed by atoms with Crippen LogP contribution in [0, 0.1) is 5.82 Å². The molecule has 0 saturated heterocycles. The number of hydrogen-bond acceptors (Lipinski definition) is 8. The maximum atomic E-state index is 14.0. The summed E-state index contributed by atoms with van der Waals surface area (Å²) >= 11 is 0.998. The summed E-state index contributed by atoms with van der Waals surface area (Å²) in [5.74, 6) is -2.31. The fourth-order valence-electron chi connectivity index (χ4n) is 3.65. The minimum absolute atomic E-state index is 0.0135. The van der Waals surface area contributed by atoms with Gasteiger partial charge in [-0.05, 0) is 23.8 Å². The molecule has 0 aliphatic heterocycles. The molecular formula is C24H21FN4O6S. The van der Waals surface area contributed by atoms with Crippen molar-refractivity contribution >= 4 is 28.3 Å². The predicted octanol–water partition coefficient (Wildman–Crippen LogP) is 3.36. The number of anilines is 1. The van der Waals surface area contributed by atoms with Gasteiger partial charge in [0.05, 0.1) is 14.2 Å². The van der Waals surface area contributed by atoms with Crippen molar-refractivity contribution in [1.29, 1.82) is 0 Å². The number of hydrogen-bond donors (Lipinski definition) is 3. The largest absolute Gasteiger partial charge is 0.496 e. The number of nitrogens with zero attached hydrogens (tertiary/aromatic N) is 2. The molecule has 0 fully saturated rings. The van der Waals surface area contributed by atoms with Gasteiger partial charge in [0, 0.05) is 17.4 Å². The number of benzene rings is 2. The fourth-order valence-corrected chi connectivity index (χ4v) is 4.33. The molecule has 0 bridgehead atoms. The lowest BCUT2D eigenvalue weighted by Gasteiger charge is -2.18. The number of aromatic nitrogens is 3. The number of aromatic amines is 1. The van der Waals surface area contributed by atoms with Crippen molar-refractivity contribution < 1.29 is 28.6 Å². The number of H-pyrrole nitrogens is 1. The Morgan fingerprint density at radius 2 is 1.97 bits per heavy atom. The van der Waals surface area contributed by atoms with Crippen LogP contribution in [0.15, 0.2) is 58.7 Å². The molecule has 4 aromatic rings. The molecule has 1 atom stereocenters. The second-order valence-electron chi connectivity index (χ2n) is 7.57. The predicted molar refractivity (Wildman–Crippen MR) is 130 cm³/mol. The molecule has 2 heterocycles. The van der Waals surface area contributed by atoms with Gasteiger partial charge in [0.15, 0.2) is 10.8 Å². The molecule has 0 aliphatic rings. The van der Waals surface area contributed by atoms with E-state index < -0.39 is 35.3 Å². The van der Waals surface area contributed by atoms with E-state index in [2.05, 4.69) is 20.0 Å². The van der Waals surface area contributed by atoms with Crippen LogP contribution in [-0.4, -0.2) is 45.7 Å². The van der Waals surface area contributed by atoms with Gasteiger partial charge in [-0.1, -0.05) is 30.3 Å². The molecular weight excluding hydrogens is 491 g/mol. The topological polar surface area (TPSA) is 136 Å². The third-order valence-corrected chi connectivity index (χ3v) is 6.11. The standard InChI is InChI=1S/C24H21FN4O6S/c1-34-18-9-8-14(25)11-15(18)19-21(31)29(24(33)27-19)17(10-13-6-4-3-5-7-13)20(30)28-23-26-16(12-36-23)22(32)35-2/h3-9,11-12,17,31H,10H2,1-2H3,(H,27,33)(H,26,28,30)/t17-/m0/s1. The van der Waals surface area contributed by atoms with Crippen LogP contribution in [0.2, 0.25) is 0 Å². The molecule has 0 unspecified atom stereocenters. The van der Waals surface area contributed by atoms with E-state index in [1.807, 2.05) is 0 Å². The SMILES string of the molecule is COC(=O)c1csc(NC(=O)[C@H](Cc2ccccc2)n2c(O)c(-c3cc(F)ccc3OC)[nH]c2=O)n1. The van der Waals surface area contributed by atoms with Gasteiger partial charge in [0.2, 0.25) is 11.8 Å². The van der Waals surface area contributed by atoms with Crippen LogP contribution in [0.25, 0.3) is 11.3 Å². The zero-order valence-corrected chi connectivity index (χ0v) is 20.0. The number of methoxy groups -OCH3 is 2. The third-order valence-electron chi connectivity index (χ3n) is 5.35. The summed E-state index contributed by atoms with van der Waals surface area (Å²) in [7, 11) is 2.58. The highest BCUT2D eigenvalue weighted by Gasteiger charge is 2.30. The average Bonchev–Trinajstić information content (AvgIpc) is 3.46. The molecule has 3 N–H and O–H groups in total. The summed E-state index contributed by atoms with van der Waals surface area (Å²) < 4.78 is 24.7. The highest BCUT2D eigenvalue weighted by atomic mass is 32.1. The Labute approximate surface area is 208 Å². The van der Waals surface area contributed by atoms with Gasteiger partial charge in [-0.3, -0.25) is 4.79 Å². The lowest BCUT2D eigenvalue weighted by atomic mass is 10.0. The second kappa shape index (κ2) is 10.4. The van der Waals surface area contributed by atoms with E-state index in [0.717, 1.165) is 22.0 Å². The molecule has 2 aromatic carbocycles. The van der Waals surface area contributed by atoms with Gasteiger partial charge >= 0.3 is 11.7 Å². The molecule has 4 rings (SSSR count). The quantitative estimate of drug-likeness (QED) is 0.308. The first-order chi connectivity index (χ1) is 17.3. The van der Waals surface area contributed by atoms with Crippen molar-refractivity contribution in [2.24, 2.45) is 0 Å². The van der Waals surface area contributed by atoms with E-state index >= 15 is 0 Å². The minimum Gasteiger partial charge on any atom is -0.496 e. The number of carbonyl (C=O) groups excluding carboxylic acids is 2. The fraction of sp³-hybridized carbons (Fsp3) is 0.167. The summed E-state index contributed by atoms with van der Waals surface area (Å²) in [6.45, 7) is 0. The molecule has 186 valence electrons. The number of ether oxygens (including phenoxy) is 2. The van der Waals surface area contributed by atoms with E-state index in [1.165, 1.54) is 31.7 Å². The highest BCUT2D eigenvalue weighted by Crippen LogP contribution is 2.36. The van der Waals surface area contributed by atoms with Crippen molar-refractivity contribution in [2.45, 2.75) is 12.5 Å².